The van der Waals surface area contributed by atoms with Crippen LogP contribution in [-0.2, 0) is 0 Å². The molecular formula is C25H22N4O2. The molecule has 4 aromatic rings. The van der Waals surface area contributed by atoms with E-state index >= 15 is 0 Å². The van der Waals surface area contributed by atoms with Crippen LogP contribution in [-0.4, -0.2) is 47.2 Å². The zero-order valence-electron chi connectivity index (χ0n) is 17.0. The molecule has 1 fully saturated rings. The highest BCUT2D eigenvalue weighted by Gasteiger charge is 2.23. The number of hydrogen-bond donors (Lipinski definition) is 0. The van der Waals surface area contributed by atoms with Crippen LogP contribution in [0, 0.1) is 0 Å². The lowest BCUT2D eigenvalue weighted by molar-refractivity contribution is 0.0746. The second-order valence-electron chi connectivity index (χ2n) is 7.49. The third-order valence-electron chi connectivity index (χ3n) is 5.48. The number of piperazine rings is 1. The molecule has 6 heteroatoms. The van der Waals surface area contributed by atoms with Crippen molar-refractivity contribution in [1.82, 2.24) is 15.1 Å². The fourth-order valence-corrected chi connectivity index (χ4v) is 3.79. The van der Waals surface area contributed by atoms with Gasteiger partial charge in [-0.15, -0.1) is 10.2 Å². The number of carbonyl (C=O) groups is 1. The van der Waals surface area contributed by atoms with Gasteiger partial charge in [-0.3, -0.25) is 4.79 Å². The number of para-hydroxylation sites is 1. The molecule has 0 aliphatic carbocycles. The molecular weight excluding hydrogens is 388 g/mol. The highest BCUT2D eigenvalue weighted by atomic mass is 16.5. The molecule has 1 amide bonds. The van der Waals surface area contributed by atoms with E-state index in [-0.39, 0.29) is 5.91 Å². The number of fused-ring (bicyclic) bond motifs is 1. The summed E-state index contributed by atoms with van der Waals surface area (Å²) in [7, 11) is 0. The third kappa shape index (κ3) is 4.19. The number of hydrogen-bond acceptors (Lipinski definition) is 5. The Hall–Kier alpha value is -3.93. The van der Waals surface area contributed by atoms with Gasteiger partial charge in [0.15, 0.2) is 5.82 Å². The van der Waals surface area contributed by atoms with Crippen LogP contribution in [0.5, 0.6) is 11.6 Å². The summed E-state index contributed by atoms with van der Waals surface area (Å²) in [6, 6.07) is 27.2. The van der Waals surface area contributed by atoms with Crippen LogP contribution in [0.1, 0.15) is 10.4 Å². The molecule has 0 saturated carbocycles. The van der Waals surface area contributed by atoms with Gasteiger partial charge in [0.1, 0.15) is 5.75 Å². The van der Waals surface area contributed by atoms with Gasteiger partial charge in [-0.05, 0) is 41.1 Å². The molecule has 2 heterocycles. The van der Waals surface area contributed by atoms with E-state index in [0.717, 1.165) is 27.9 Å². The smallest absolute Gasteiger partial charge is 0.253 e. The maximum atomic E-state index is 13.0. The highest BCUT2D eigenvalue weighted by Crippen LogP contribution is 2.21. The quantitative estimate of drug-likeness (QED) is 0.500. The maximum absolute atomic E-state index is 13.0. The van der Waals surface area contributed by atoms with Gasteiger partial charge in [-0.2, -0.15) is 0 Å². The molecule has 0 unspecified atom stereocenters. The first-order chi connectivity index (χ1) is 15.3. The van der Waals surface area contributed by atoms with Crippen molar-refractivity contribution in [1.29, 1.82) is 0 Å². The van der Waals surface area contributed by atoms with Gasteiger partial charge in [0.05, 0.1) is 0 Å². The Morgan fingerprint density at radius 1 is 0.742 bits per heavy atom. The van der Waals surface area contributed by atoms with Crippen molar-refractivity contribution in [3.05, 3.63) is 90.5 Å². The predicted molar refractivity (Wildman–Crippen MR) is 121 cm³/mol. The molecule has 5 rings (SSSR count). The average Bonchev–Trinajstić information content (AvgIpc) is 2.84. The first kappa shape index (κ1) is 19.1. The Labute approximate surface area is 180 Å². The monoisotopic (exact) mass is 410 g/mol. The molecule has 6 nitrogen and oxygen atoms in total. The number of aromatic nitrogens is 2. The molecule has 1 aromatic heterocycles. The number of amides is 1. The Bertz CT molecular complexity index is 1190. The molecule has 0 N–H and O–H groups in total. The molecule has 0 radical (unpaired) electrons. The number of ether oxygens (including phenoxy) is 1. The summed E-state index contributed by atoms with van der Waals surface area (Å²) < 4.78 is 5.70. The fraction of sp³-hybridized carbons (Fsp3) is 0.160. The van der Waals surface area contributed by atoms with Gasteiger partial charge in [0.25, 0.3) is 5.91 Å². The lowest BCUT2D eigenvalue weighted by Gasteiger charge is -2.35. The summed E-state index contributed by atoms with van der Waals surface area (Å²) >= 11 is 0. The zero-order chi connectivity index (χ0) is 21.0. The van der Waals surface area contributed by atoms with Crippen LogP contribution < -0.4 is 9.64 Å². The molecule has 31 heavy (non-hydrogen) atoms. The molecule has 3 aromatic carbocycles. The van der Waals surface area contributed by atoms with Crippen molar-refractivity contribution in [2.45, 2.75) is 0 Å². The van der Waals surface area contributed by atoms with E-state index < -0.39 is 0 Å². The molecule has 154 valence electrons. The second kappa shape index (κ2) is 8.44. The van der Waals surface area contributed by atoms with E-state index in [1.807, 2.05) is 83.8 Å². The standard InChI is InChI=1S/C25H22N4O2/c30-25(21-11-10-19-6-4-5-7-20(19)18-21)29-16-14-28(15-17-29)23-12-13-24(27-26-23)31-22-8-2-1-3-9-22/h1-13,18H,14-17H2. The van der Waals surface area contributed by atoms with Crippen LogP contribution in [0.3, 0.4) is 0 Å². The summed E-state index contributed by atoms with van der Waals surface area (Å²) in [6.07, 6.45) is 0. The van der Waals surface area contributed by atoms with E-state index in [9.17, 15) is 4.79 Å². The van der Waals surface area contributed by atoms with E-state index in [1.54, 1.807) is 0 Å². The van der Waals surface area contributed by atoms with Crippen LogP contribution in [0.4, 0.5) is 5.82 Å². The molecule has 0 spiro atoms. The lowest BCUT2D eigenvalue weighted by Crippen LogP contribution is -2.49. The SMILES string of the molecule is O=C(c1ccc2ccccc2c1)N1CCN(c2ccc(Oc3ccccc3)nn2)CC1. The van der Waals surface area contributed by atoms with Gasteiger partial charge in [-0.25, -0.2) is 0 Å². The van der Waals surface area contributed by atoms with Crippen molar-refractivity contribution in [3.8, 4) is 11.6 Å². The van der Waals surface area contributed by atoms with Crippen LogP contribution >= 0.6 is 0 Å². The minimum atomic E-state index is 0.0723. The molecule has 0 bridgehead atoms. The second-order valence-corrected chi connectivity index (χ2v) is 7.49. The number of carbonyl (C=O) groups excluding carboxylic acids is 1. The minimum absolute atomic E-state index is 0.0723. The first-order valence-corrected chi connectivity index (χ1v) is 10.4. The highest BCUT2D eigenvalue weighted by molar-refractivity contribution is 5.98. The molecule has 1 aliphatic heterocycles. The van der Waals surface area contributed by atoms with E-state index in [1.165, 1.54) is 0 Å². The summed E-state index contributed by atoms with van der Waals surface area (Å²) in [5, 5.41) is 10.7. The first-order valence-electron chi connectivity index (χ1n) is 10.4. The van der Waals surface area contributed by atoms with Crippen molar-refractivity contribution in [2.75, 3.05) is 31.1 Å². The van der Waals surface area contributed by atoms with Crippen molar-refractivity contribution in [3.63, 3.8) is 0 Å². The summed E-state index contributed by atoms with van der Waals surface area (Å²) in [5.74, 6) is 2.05. The predicted octanol–water partition coefficient (Wildman–Crippen LogP) is 4.38. The average molecular weight is 410 g/mol. The molecule has 0 atom stereocenters. The zero-order valence-corrected chi connectivity index (χ0v) is 17.0. The Kier molecular flexibility index (Phi) is 5.19. The Morgan fingerprint density at radius 2 is 1.48 bits per heavy atom. The summed E-state index contributed by atoms with van der Waals surface area (Å²) in [5.41, 5.74) is 0.731. The summed E-state index contributed by atoms with van der Waals surface area (Å²) in [6.45, 7) is 2.73. The van der Waals surface area contributed by atoms with Crippen LogP contribution in [0.15, 0.2) is 84.9 Å². The van der Waals surface area contributed by atoms with Crippen LogP contribution in [0.2, 0.25) is 0 Å². The number of rotatable bonds is 4. The van der Waals surface area contributed by atoms with Crippen molar-refractivity contribution in [2.24, 2.45) is 0 Å². The lowest BCUT2D eigenvalue weighted by atomic mass is 10.1. The van der Waals surface area contributed by atoms with E-state index in [0.29, 0.717) is 32.1 Å². The largest absolute Gasteiger partial charge is 0.438 e. The Morgan fingerprint density at radius 3 is 2.23 bits per heavy atom. The third-order valence-corrected chi connectivity index (χ3v) is 5.48. The van der Waals surface area contributed by atoms with Gasteiger partial charge in [0, 0.05) is 37.8 Å². The molecule has 1 aliphatic rings. The van der Waals surface area contributed by atoms with E-state index in [2.05, 4.69) is 21.2 Å². The Balaban J connectivity index is 1.21. The number of nitrogens with zero attached hydrogens (tertiary/aromatic N) is 4. The normalized spacial score (nSPS) is 13.9. The topological polar surface area (TPSA) is 58.6 Å². The van der Waals surface area contributed by atoms with Gasteiger partial charge in [0.2, 0.25) is 5.88 Å². The van der Waals surface area contributed by atoms with Gasteiger partial charge in [-0.1, -0.05) is 48.5 Å². The summed E-state index contributed by atoms with van der Waals surface area (Å²) in [4.78, 5) is 17.0. The van der Waals surface area contributed by atoms with Crippen molar-refractivity contribution < 1.29 is 9.53 Å². The minimum Gasteiger partial charge on any atom is -0.438 e. The van der Waals surface area contributed by atoms with Crippen molar-refractivity contribution >= 4 is 22.5 Å². The maximum Gasteiger partial charge on any atom is 0.253 e. The number of benzene rings is 3. The number of anilines is 1. The van der Waals surface area contributed by atoms with E-state index in [4.69, 9.17) is 4.74 Å². The molecule has 1 saturated heterocycles. The van der Waals surface area contributed by atoms with Gasteiger partial charge >= 0.3 is 0 Å². The fourth-order valence-electron chi connectivity index (χ4n) is 3.79. The van der Waals surface area contributed by atoms with Gasteiger partial charge < -0.3 is 14.5 Å². The van der Waals surface area contributed by atoms with Crippen LogP contribution in [0.25, 0.3) is 10.8 Å².